The number of aldehydes is 1. The highest BCUT2D eigenvalue weighted by Gasteiger charge is 2.29. The standard InChI is InChI=1S/C14H25N3O3.C9H14N2O3.C8H17N.C4H10.C2H6/c1-14(2,3)11(9-18)16-13(20)15-7-12(19)17(4)8-10-5-6-10;10-9(14)8(13)7(11-5-12)4-6-2-1-3-6;1-4-8-5-6-9(3)7(8)2;1-4(2)3;1-2/h9-11H,5-8H2,1-4H3,(H2,15,16,20);5-7H,1-4H2,(H2,10,14)(H,11,12);7-8H,4-6H2,1-3H3;4H,1-3H3;1-2H3/t;;7?,8-;;/m..0../s1. The predicted octanol–water partition coefficient (Wildman–Crippen LogP) is 4.54. The van der Waals surface area contributed by atoms with Gasteiger partial charge in [0.05, 0.1) is 18.6 Å². The number of ketones is 1. The van der Waals surface area contributed by atoms with Gasteiger partial charge in [-0.05, 0) is 75.3 Å². The second-order valence-electron chi connectivity index (χ2n) is 15.0. The molecule has 1 heterocycles. The normalized spacial score (nSPS) is 19.5. The molecule has 5 amide bonds. The molecule has 3 fully saturated rings. The first-order chi connectivity index (χ1) is 22.9. The number of urea groups is 1. The number of primary amides is 1. The lowest BCUT2D eigenvalue weighted by molar-refractivity contribution is -0.138. The molecule has 0 spiro atoms. The Morgan fingerprint density at radius 1 is 0.980 bits per heavy atom. The Balaban J connectivity index is 0. The van der Waals surface area contributed by atoms with Gasteiger partial charge in [0.1, 0.15) is 6.29 Å². The zero-order valence-corrected chi connectivity index (χ0v) is 32.9. The van der Waals surface area contributed by atoms with Gasteiger partial charge in [0.15, 0.2) is 0 Å². The molecule has 0 aromatic carbocycles. The molecule has 0 aromatic heterocycles. The SMILES string of the molecule is CC.CC(C)C.CC[C@H]1CCN(C)C1C.CN(CC1CC1)C(=O)CNC(=O)NC(C=O)C(C)(C)C.NC(=O)C(=O)C(CC1CCC1)NC=O. The van der Waals surface area contributed by atoms with E-state index in [4.69, 9.17) is 5.73 Å². The van der Waals surface area contributed by atoms with Gasteiger partial charge in [0, 0.05) is 19.6 Å². The van der Waals surface area contributed by atoms with E-state index in [1.165, 1.54) is 32.2 Å². The van der Waals surface area contributed by atoms with Crippen LogP contribution < -0.4 is 21.7 Å². The Labute approximate surface area is 297 Å². The third-order valence-electron chi connectivity index (χ3n) is 8.79. The number of nitrogens with one attached hydrogen (secondary N) is 3. The van der Waals surface area contributed by atoms with E-state index in [2.05, 4.69) is 62.5 Å². The van der Waals surface area contributed by atoms with Crippen LogP contribution in [0.1, 0.15) is 121 Å². The van der Waals surface area contributed by atoms with Gasteiger partial charge in [-0.1, -0.05) is 88.0 Å². The zero-order chi connectivity index (χ0) is 38.3. The molecule has 3 aliphatic rings. The Morgan fingerprint density at radius 2 is 1.53 bits per heavy atom. The van der Waals surface area contributed by atoms with Crippen LogP contribution in [0.25, 0.3) is 0 Å². The van der Waals surface area contributed by atoms with E-state index in [0.717, 1.165) is 43.7 Å². The maximum Gasteiger partial charge on any atom is 0.315 e. The minimum Gasteiger partial charge on any atom is -0.363 e. The summed E-state index contributed by atoms with van der Waals surface area (Å²) >= 11 is 0. The van der Waals surface area contributed by atoms with Gasteiger partial charge in [-0.3, -0.25) is 19.2 Å². The first kappa shape index (κ1) is 48.1. The molecule has 1 aliphatic heterocycles. The topological polar surface area (TPSA) is 171 Å². The summed E-state index contributed by atoms with van der Waals surface area (Å²) in [5.74, 6) is 1.06. The largest absolute Gasteiger partial charge is 0.363 e. The van der Waals surface area contributed by atoms with Gasteiger partial charge in [-0.15, -0.1) is 0 Å². The molecule has 3 unspecified atom stereocenters. The fraction of sp³-hybridized carbons (Fsp3) is 0.838. The van der Waals surface area contributed by atoms with Gasteiger partial charge in [0.25, 0.3) is 5.91 Å². The third-order valence-corrected chi connectivity index (χ3v) is 8.79. The molecule has 12 heteroatoms. The molecular weight excluding hydrogens is 624 g/mol. The number of nitrogens with two attached hydrogens (primary N) is 1. The van der Waals surface area contributed by atoms with Crippen molar-refractivity contribution in [3.63, 3.8) is 0 Å². The number of amides is 5. The quantitative estimate of drug-likeness (QED) is 0.162. The Kier molecular flexibility index (Phi) is 25.4. The number of rotatable bonds is 13. The van der Waals surface area contributed by atoms with Crippen molar-refractivity contribution in [1.29, 1.82) is 0 Å². The zero-order valence-electron chi connectivity index (χ0n) is 32.9. The van der Waals surface area contributed by atoms with E-state index in [1.807, 2.05) is 34.6 Å². The number of likely N-dealkylation sites (tertiary alicyclic amines) is 1. The van der Waals surface area contributed by atoms with Crippen molar-refractivity contribution < 1.29 is 28.8 Å². The molecule has 2 aliphatic carbocycles. The molecule has 0 bridgehead atoms. The van der Waals surface area contributed by atoms with Crippen molar-refractivity contribution >= 4 is 36.3 Å². The van der Waals surface area contributed by atoms with Crippen LogP contribution in [-0.2, 0) is 24.0 Å². The summed E-state index contributed by atoms with van der Waals surface area (Å²) in [6, 6.07) is -0.975. The van der Waals surface area contributed by atoms with E-state index >= 15 is 0 Å². The molecule has 0 radical (unpaired) electrons. The summed E-state index contributed by atoms with van der Waals surface area (Å²) < 4.78 is 0. The highest BCUT2D eigenvalue weighted by molar-refractivity contribution is 6.37. The van der Waals surface area contributed by atoms with Gasteiger partial charge in [-0.2, -0.15) is 0 Å². The number of hydrogen-bond acceptors (Lipinski definition) is 7. The first-order valence-corrected chi connectivity index (χ1v) is 18.3. The van der Waals surface area contributed by atoms with Crippen LogP contribution in [0, 0.1) is 29.1 Å². The lowest BCUT2D eigenvalue weighted by Crippen LogP contribution is -2.50. The third kappa shape index (κ3) is 22.3. The van der Waals surface area contributed by atoms with E-state index in [1.54, 1.807) is 11.9 Å². The monoisotopic (exact) mass is 697 g/mol. The fourth-order valence-electron chi connectivity index (χ4n) is 5.01. The van der Waals surface area contributed by atoms with Crippen molar-refractivity contribution in [2.75, 3.05) is 33.7 Å². The summed E-state index contributed by atoms with van der Waals surface area (Å²) in [6.45, 7) is 22.7. The van der Waals surface area contributed by atoms with Crippen molar-refractivity contribution in [2.24, 2.45) is 34.8 Å². The lowest BCUT2D eigenvalue weighted by atomic mass is 9.80. The molecule has 3 rings (SSSR count). The summed E-state index contributed by atoms with van der Waals surface area (Å²) in [5.41, 5.74) is 4.50. The van der Waals surface area contributed by atoms with Gasteiger partial charge >= 0.3 is 6.03 Å². The highest BCUT2D eigenvalue weighted by atomic mass is 16.2. The van der Waals surface area contributed by atoms with E-state index < -0.39 is 29.8 Å². The van der Waals surface area contributed by atoms with Crippen LogP contribution in [-0.4, -0.2) is 98.0 Å². The number of likely N-dealkylation sites (N-methyl/N-ethyl adjacent to an activating group) is 1. The van der Waals surface area contributed by atoms with Gasteiger partial charge in [-0.25, -0.2) is 4.79 Å². The summed E-state index contributed by atoms with van der Waals surface area (Å²) in [7, 11) is 3.96. The van der Waals surface area contributed by atoms with Crippen molar-refractivity contribution in [3.8, 4) is 0 Å². The summed E-state index contributed by atoms with van der Waals surface area (Å²) in [5, 5.41) is 7.39. The molecule has 49 heavy (non-hydrogen) atoms. The average Bonchev–Trinajstić information content (AvgIpc) is 3.77. The van der Waals surface area contributed by atoms with Crippen LogP contribution in [0.15, 0.2) is 0 Å². The number of Topliss-reactive ketones (excluding diaryl/α,β-unsaturated/α-hetero) is 1. The molecule has 286 valence electrons. The molecule has 1 saturated heterocycles. The minimum absolute atomic E-state index is 0.0508. The molecular formula is C37H72N6O6. The summed E-state index contributed by atoms with van der Waals surface area (Å²) in [6.07, 6.45) is 10.1. The number of nitrogens with zero attached hydrogens (tertiary/aromatic N) is 2. The van der Waals surface area contributed by atoms with Crippen molar-refractivity contribution in [2.45, 2.75) is 139 Å². The minimum atomic E-state index is -0.983. The van der Waals surface area contributed by atoms with Crippen molar-refractivity contribution in [1.82, 2.24) is 25.8 Å². The van der Waals surface area contributed by atoms with E-state index in [9.17, 15) is 28.8 Å². The molecule has 2 saturated carbocycles. The van der Waals surface area contributed by atoms with E-state index in [0.29, 0.717) is 31.0 Å². The molecule has 4 atom stereocenters. The Bertz CT molecular complexity index is 974. The summed E-state index contributed by atoms with van der Waals surface area (Å²) in [4.78, 5) is 70.5. The van der Waals surface area contributed by atoms with Gasteiger partial charge in [0.2, 0.25) is 18.1 Å². The van der Waals surface area contributed by atoms with Crippen molar-refractivity contribution in [3.05, 3.63) is 0 Å². The first-order valence-electron chi connectivity index (χ1n) is 18.3. The fourth-order valence-corrected chi connectivity index (χ4v) is 5.01. The Hall–Kier alpha value is -3.02. The molecule has 0 aromatic rings. The smallest absolute Gasteiger partial charge is 0.315 e. The maximum atomic E-state index is 11.8. The number of carbonyl (C=O) groups excluding carboxylic acids is 6. The second kappa shape index (κ2) is 25.9. The molecule has 5 N–H and O–H groups in total. The highest BCUT2D eigenvalue weighted by Crippen LogP contribution is 2.30. The van der Waals surface area contributed by atoms with E-state index in [-0.39, 0.29) is 17.9 Å². The second-order valence-corrected chi connectivity index (χ2v) is 15.0. The predicted molar refractivity (Wildman–Crippen MR) is 198 cm³/mol. The van der Waals surface area contributed by atoms with Crippen LogP contribution in [0.4, 0.5) is 4.79 Å². The van der Waals surface area contributed by atoms with Crippen LogP contribution >= 0.6 is 0 Å². The number of carbonyl (C=O) groups is 6. The Morgan fingerprint density at radius 3 is 1.86 bits per heavy atom. The number of hydrogen-bond donors (Lipinski definition) is 4. The van der Waals surface area contributed by atoms with Crippen LogP contribution in [0.2, 0.25) is 0 Å². The van der Waals surface area contributed by atoms with Gasteiger partial charge < -0.3 is 36.3 Å². The van der Waals surface area contributed by atoms with Crippen LogP contribution in [0.5, 0.6) is 0 Å². The van der Waals surface area contributed by atoms with Crippen LogP contribution in [0.3, 0.4) is 0 Å². The molecule has 12 nitrogen and oxygen atoms in total. The maximum absolute atomic E-state index is 11.8. The average molecular weight is 697 g/mol. The lowest BCUT2D eigenvalue weighted by Gasteiger charge is -2.28.